The number of hydrogen-bond donors (Lipinski definition) is 1. The van der Waals surface area contributed by atoms with Crippen LogP contribution in [-0.4, -0.2) is 18.1 Å². The largest absolute Gasteiger partial charge is 0.316 e. The van der Waals surface area contributed by atoms with Crippen molar-refractivity contribution in [1.29, 1.82) is 0 Å². The van der Waals surface area contributed by atoms with Crippen LogP contribution in [0, 0.1) is 11.7 Å². The predicted molar refractivity (Wildman–Crippen MR) is 67.6 cm³/mol. The first-order valence-corrected chi connectivity index (χ1v) is 6.60. The molecular formula is C13H13FN2S. The summed E-state index contributed by atoms with van der Waals surface area (Å²) in [6.45, 7) is 2.18. The summed E-state index contributed by atoms with van der Waals surface area (Å²) in [5, 5.41) is 6.41. The molecule has 2 aromatic rings. The van der Waals surface area contributed by atoms with E-state index in [2.05, 4.69) is 10.3 Å². The fraction of sp³-hybridized carbons (Fsp3) is 0.308. The van der Waals surface area contributed by atoms with Crippen molar-refractivity contribution in [1.82, 2.24) is 10.3 Å². The first-order chi connectivity index (χ1) is 8.31. The van der Waals surface area contributed by atoms with Crippen LogP contribution >= 0.6 is 11.3 Å². The van der Waals surface area contributed by atoms with Crippen LogP contribution in [-0.2, 0) is 6.42 Å². The quantitative estimate of drug-likeness (QED) is 0.903. The van der Waals surface area contributed by atoms with E-state index in [0.29, 0.717) is 0 Å². The van der Waals surface area contributed by atoms with E-state index in [9.17, 15) is 4.39 Å². The number of hydrogen-bond acceptors (Lipinski definition) is 3. The van der Waals surface area contributed by atoms with Gasteiger partial charge in [-0.2, -0.15) is 0 Å². The highest BCUT2D eigenvalue weighted by Crippen LogP contribution is 2.24. The molecule has 1 aromatic carbocycles. The number of nitrogens with zero attached hydrogens (tertiary/aromatic N) is 1. The Morgan fingerprint density at radius 1 is 1.41 bits per heavy atom. The summed E-state index contributed by atoms with van der Waals surface area (Å²) >= 11 is 1.67. The van der Waals surface area contributed by atoms with E-state index in [0.717, 1.165) is 41.7 Å². The molecule has 0 saturated carbocycles. The first kappa shape index (κ1) is 10.9. The molecule has 1 aliphatic rings. The number of benzene rings is 1. The molecule has 3 rings (SSSR count). The van der Waals surface area contributed by atoms with Gasteiger partial charge in [-0.25, -0.2) is 9.37 Å². The van der Waals surface area contributed by atoms with Gasteiger partial charge < -0.3 is 5.32 Å². The minimum absolute atomic E-state index is 0.208. The number of halogens is 1. The Bertz CT molecular complexity index is 520. The van der Waals surface area contributed by atoms with Crippen molar-refractivity contribution in [3.05, 3.63) is 40.5 Å². The summed E-state index contributed by atoms with van der Waals surface area (Å²) in [6, 6.07) is 6.60. The summed E-state index contributed by atoms with van der Waals surface area (Å²) < 4.78 is 13.1. The molecule has 4 heteroatoms. The maximum atomic E-state index is 13.1. The summed E-state index contributed by atoms with van der Waals surface area (Å²) in [7, 11) is 0. The van der Waals surface area contributed by atoms with Gasteiger partial charge in [-0.05, 0) is 31.1 Å². The number of aromatic nitrogens is 1. The standard InChI is InChI=1S/C13H13FN2S/c14-11-3-1-2-10(5-11)12-8-17-13(16-12)4-9-6-15-7-9/h1-3,5,8-9,15H,4,6-7H2. The molecule has 0 bridgehead atoms. The van der Waals surface area contributed by atoms with E-state index < -0.39 is 0 Å². The SMILES string of the molecule is Fc1cccc(-c2csc(CC3CNC3)n2)c1. The van der Waals surface area contributed by atoms with Crippen molar-refractivity contribution >= 4 is 11.3 Å². The average Bonchev–Trinajstić information content (AvgIpc) is 2.72. The van der Waals surface area contributed by atoms with E-state index in [-0.39, 0.29) is 5.82 Å². The molecule has 0 radical (unpaired) electrons. The van der Waals surface area contributed by atoms with Gasteiger partial charge in [0.1, 0.15) is 5.82 Å². The van der Waals surface area contributed by atoms with Crippen molar-refractivity contribution in [2.75, 3.05) is 13.1 Å². The van der Waals surface area contributed by atoms with Crippen molar-refractivity contribution in [2.24, 2.45) is 5.92 Å². The van der Waals surface area contributed by atoms with E-state index in [4.69, 9.17) is 0 Å². The molecule has 0 atom stereocenters. The zero-order valence-electron chi connectivity index (χ0n) is 9.32. The summed E-state index contributed by atoms with van der Waals surface area (Å²) in [4.78, 5) is 4.57. The van der Waals surface area contributed by atoms with Gasteiger partial charge in [0.15, 0.2) is 0 Å². The Morgan fingerprint density at radius 3 is 3.00 bits per heavy atom. The molecule has 2 heterocycles. The second-order valence-corrected chi connectivity index (χ2v) is 5.31. The minimum atomic E-state index is -0.208. The van der Waals surface area contributed by atoms with Crippen molar-refractivity contribution in [3.63, 3.8) is 0 Å². The van der Waals surface area contributed by atoms with Crippen molar-refractivity contribution in [3.8, 4) is 11.3 Å². The molecule has 0 spiro atoms. The summed E-state index contributed by atoms with van der Waals surface area (Å²) in [6.07, 6.45) is 1.03. The lowest BCUT2D eigenvalue weighted by atomic mass is 10.0. The zero-order chi connectivity index (χ0) is 11.7. The van der Waals surface area contributed by atoms with Gasteiger partial charge in [-0.15, -0.1) is 11.3 Å². The lowest BCUT2D eigenvalue weighted by molar-refractivity contribution is 0.346. The van der Waals surface area contributed by atoms with Gasteiger partial charge in [0, 0.05) is 17.4 Å². The molecule has 2 nitrogen and oxygen atoms in total. The minimum Gasteiger partial charge on any atom is -0.316 e. The molecule has 1 fully saturated rings. The average molecular weight is 248 g/mol. The molecule has 1 saturated heterocycles. The first-order valence-electron chi connectivity index (χ1n) is 5.72. The van der Waals surface area contributed by atoms with Gasteiger partial charge in [-0.3, -0.25) is 0 Å². The van der Waals surface area contributed by atoms with E-state index in [1.807, 2.05) is 11.4 Å². The third-order valence-corrected chi connectivity index (χ3v) is 3.87. The predicted octanol–water partition coefficient (Wildman–Crippen LogP) is 2.71. The van der Waals surface area contributed by atoms with Crippen LogP contribution in [0.3, 0.4) is 0 Å². The summed E-state index contributed by atoms with van der Waals surface area (Å²) in [5.41, 5.74) is 1.75. The third kappa shape index (κ3) is 2.37. The molecule has 1 aromatic heterocycles. The second-order valence-electron chi connectivity index (χ2n) is 4.37. The Hall–Kier alpha value is -1.26. The molecule has 0 amide bonds. The fourth-order valence-corrected chi connectivity index (χ4v) is 2.84. The lowest BCUT2D eigenvalue weighted by Crippen LogP contribution is -2.43. The highest BCUT2D eigenvalue weighted by Gasteiger charge is 2.18. The highest BCUT2D eigenvalue weighted by molar-refractivity contribution is 7.09. The van der Waals surface area contributed by atoms with Gasteiger partial charge >= 0.3 is 0 Å². The monoisotopic (exact) mass is 248 g/mol. The molecule has 1 N–H and O–H groups in total. The zero-order valence-corrected chi connectivity index (χ0v) is 10.1. The topological polar surface area (TPSA) is 24.9 Å². The Morgan fingerprint density at radius 2 is 2.29 bits per heavy atom. The Kier molecular flexibility index (Phi) is 2.91. The second kappa shape index (κ2) is 4.55. The Balaban J connectivity index is 1.79. The van der Waals surface area contributed by atoms with Crippen LogP contribution in [0.1, 0.15) is 5.01 Å². The molecule has 17 heavy (non-hydrogen) atoms. The smallest absolute Gasteiger partial charge is 0.123 e. The van der Waals surface area contributed by atoms with Crippen LogP contribution in [0.15, 0.2) is 29.6 Å². The maximum absolute atomic E-state index is 13.1. The van der Waals surface area contributed by atoms with E-state index in [1.54, 1.807) is 17.4 Å². The van der Waals surface area contributed by atoms with Crippen LogP contribution in [0.25, 0.3) is 11.3 Å². The number of thiazole rings is 1. The lowest BCUT2D eigenvalue weighted by Gasteiger charge is -2.25. The molecular weight excluding hydrogens is 235 g/mol. The molecule has 0 unspecified atom stereocenters. The van der Waals surface area contributed by atoms with Crippen LogP contribution < -0.4 is 5.32 Å². The van der Waals surface area contributed by atoms with E-state index >= 15 is 0 Å². The number of nitrogens with one attached hydrogen (secondary N) is 1. The number of rotatable bonds is 3. The van der Waals surface area contributed by atoms with Gasteiger partial charge in [-0.1, -0.05) is 12.1 Å². The third-order valence-electron chi connectivity index (χ3n) is 3.00. The van der Waals surface area contributed by atoms with Crippen LogP contribution in [0.4, 0.5) is 4.39 Å². The maximum Gasteiger partial charge on any atom is 0.123 e. The normalized spacial score (nSPS) is 15.8. The highest BCUT2D eigenvalue weighted by atomic mass is 32.1. The van der Waals surface area contributed by atoms with Crippen LogP contribution in [0.2, 0.25) is 0 Å². The molecule has 1 aliphatic heterocycles. The molecule has 0 aliphatic carbocycles. The van der Waals surface area contributed by atoms with Crippen molar-refractivity contribution < 1.29 is 4.39 Å². The van der Waals surface area contributed by atoms with Gasteiger partial charge in [0.2, 0.25) is 0 Å². The Labute approximate surface area is 104 Å². The summed E-state index contributed by atoms with van der Waals surface area (Å²) in [5.74, 6) is 0.516. The molecule has 88 valence electrons. The fourth-order valence-electron chi connectivity index (χ4n) is 1.92. The van der Waals surface area contributed by atoms with Crippen LogP contribution in [0.5, 0.6) is 0 Å². The van der Waals surface area contributed by atoms with Crippen molar-refractivity contribution in [2.45, 2.75) is 6.42 Å². The van der Waals surface area contributed by atoms with E-state index in [1.165, 1.54) is 12.1 Å². The van der Waals surface area contributed by atoms with Gasteiger partial charge in [0.25, 0.3) is 0 Å². The van der Waals surface area contributed by atoms with Gasteiger partial charge in [0.05, 0.1) is 10.7 Å².